The Morgan fingerprint density at radius 1 is 1.25 bits per heavy atom. The second-order valence-corrected chi connectivity index (χ2v) is 5.83. The van der Waals surface area contributed by atoms with Crippen LogP contribution >= 0.6 is 0 Å². The second kappa shape index (κ2) is 6.98. The predicted octanol–water partition coefficient (Wildman–Crippen LogP) is 3.49. The lowest BCUT2D eigenvalue weighted by Gasteiger charge is -2.33. The van der Waals surface area contributed by atoms with Gasteiger partial charge in [-0.15, -0.1) is 0 Å². The number of nitrogens with zero attached hydrogens (tertiary/aromatic N) is 1. The van der Waals surface area contributed by atoms with Gasteiger partial charge >= 0.3 is 0 Å². The van der Waals surface area contributed by atoms with E-state index in [2.05, 4.69) is 43.9 Å². The molecular weight excluding hydrogens is 248 g/mol. The van der Waals surface area contributed by atoms with Crippen molar-refractivity contribution >= 4 is 5.69 Å². The number of anilines is 1. The van der Waals surface area contributed by atoms with E-state index in [0.717, 1.165) is 44.5 Å². The minimum absolute atomic E-state index is 0.327. The Balaban J connectivity index is 2.05. The van der Waals surface area contributed by atoms with Crippen LogP contribution in [-0.4, -0.2) is 25.2 Å². The predicted molar refractivity (Wildman–Crippen MR) is 85.6 cm³/mol. The molecule has 0 bridgehead atoms. The van der Waals surface area contributed by atoms with Gasteiger partial charge in [0.15, 0.2) is 0 Å². The smallest absolute Gasteiger partial charge is 0.120 e. The molecule has 0 aromatic heterocycles. The quantitative estimate of drug-likeness (QED) is 0.894. The third kappa shape index (κ3) is 3.66. The van der Waals surface area contributed by atoms with Crippen LogP contribution < -0.4 is 15.4 Å². The Morgan fingerprint density at radius 3 is 2.45 bits per heavy atom. The van der Waals surface area contributed by atoms with Crippen LogP contribution in [0.25, 0.3) is 0 Å². The number of benzene rings is 1. The third-order valence-corrected chi connectivity index (χ3v) is 4.26. The molecule has 3 nitrogen and oxygen atoms in total. The Labute approximate surface area is 123 Å². The molecular formula is C17H28N2O. The second-order valence-electron chi connectivity index (χ2n) is 5.83. The lowest BCUT2D eigenvalue weighted by atomic mass is 10.0. The number of rotatable bonds is 5. The first-order valence-corrected chi connectivity index (χ1v) is 7.91. The molecule has 1 aromatic carbocycles. The van der Waals surface area contributed by atoms with E-state index in [1.807, 2.05) is 0 Å². The van der Waals surface area contributed by atoms with Gasteiger partial charge in [-0.1, -0.05) is 13.8 Å². The van der Waals surface area contributed by atoms with E-state index in [1.165, 1.54) is 11.3 Å². The molecule has 1 aliphatic rings. The van der Waals surface area contributed by atoms with Crippen molar-refractivity contribution in [2.45, 2.75) is 58.6 Å². The van der Waals surface area contributed by atoms with E-state index in [4.69, 9.17) is 10.5 Å². The molecule has 2 N–H and O–H groups in total. The van der Waals surface area contributed by atoms with Gasteiger partial charge in [-0.3, -0.25) is 0 Å². The standard InChI is InChI=1S/C17H28N2O/c1-4-15(5-2)20-16-6-7-17(13(3)12-16)19-10-8-14(18)9-11-19/h6-7,12,14-15H,4-5,8-11,18H2,1-3H3. The summed E-state index contributed by atoms with van der Waals surface area (Å²) in [5.41, 5.74) is 8.60. The molecule has 1 aromatic rings. The third-order valence-electron chi connectivity index (χ3n) is 4.26. The minimum atomic E-state index is 0.327. The molecule has 0 atom stereocenters. The summed E-state index contributed by atoms with van der Waals surface area (Å²) < 4.78 is 6.01. The van der Waals surface area contributed by atoms with Crippen molar-refractivity contribution in [2.24, 2.45) is 5.73 Å². The molecule has 2 rings (SSSR count). The summed E-state index contributed by atoms with van der Waals surface area (Å²) in [5, 5.41) is 0. The van der Waals surface area contributed by atoms with E-state index in [9.17, 15) is 0 Å². The highest BCUT2D eigenvalue weighted by Crippen LogP contribution is 2.28. The summed E-state index contributed by atoms with van der Waals surface area (Å²) in [4.78, 5) is 2.44. The molecule has 0 amide bonds. The summed E-state index contributed by atoms with van der Waals surface area (Å²) in [6.45, 7) is 8.64. The van der Waals surface area contributed by atoms with Crippen molar-refractivity contribution in [1.29, 1.82) is 0 Å². The van der Waals surface area contributed by atoms with Gasteiger partial charge in [-0.05, 0) is 56.4 Å². The molecule has 0 radical (unpaired) electrons. The lowest BCUT2D eigenvalue weighted by Crippen LogP contribution is -2.39. The van der Waals surface area contributed by atoms with Gasteiger partial charge in [0.05, 0.1) is 6.10 Å². The fourth-order valence-electron chi connectivity index (χ4n) is 2.84. The van der Waals surface area contributed by atoms with Crippen LogP contribution in [0.2, 0.25) is 0 Å². The van der Waals surface area contributed by atoms with Crippen molar-refractivity contribution in [3.63, 3.8) is 0 Å². The molecule has 0 unspecified atom stereocenters. The van der Waals surface area contributed by atoms with Crippen LogP contribution in [-0.2, 0) is 0 Å². The van der Waals surface area contributed by atoms with Gasteiger partial charge in [-0.25, -0.2) is 0 Å². The van der Waals surface area contributed by atoms with Gasteiger partial charge in [0, 0.05) is 24.8 Å². The highest BCUT2D eigenvalue weighted by molar-refractivity contribution is 5.56. The first-order valence-electron chi connectivity index (χ1n) is 7.91. The maximum atomic E-state index is 6.01. The van der Waals surface area contributed by atoms with Gasteiger partial charge < -0.3 is 15.4 Å². The maximum Gasteiger partial charge on any atom is 0.120 e. The maximum absolute atomic E-state index is 6.01. The first kappa shape index (κ1) is 15.2. The van der Waals surface area contributed by atoms with Crippen molar-refractivity contribution in [3.05, 3.63) is 23.8 Å². The van der Waals surface area contributed by atoms with Crippen LogP contribution in [0.1, 0.15) is 45.1 Å². The fraction of sp³-hybridized carbons (Fsp3) is 0.647. The Morgan fingerprint density at radius 2 is 1.90 bits per heavy atom. The van der Waals surface area contributed by atoms with Crippen molar-refractivity contribution in [1.82, 2.24) is 0 Å². The van der Waals surface area contributed by atoms with Gasteiger partial charge in [0.1, 0.15) is 5.75 Å². The molecule has 0 spiro atoms. The van der Waals surface area contributed by atoms with Crippen LogP contribution in [0.4, 0.5) is 5.69 Å². The van der Waals surface area contributed by atoms with Gasteiger partial charge in [-0.2, -0.15) is 0 Å². The fourth-order valence-corrected chi connectivity index (χ4v) is 2.84. The molecule has 0 saturated carbocycles. The van der Waals surface area contributed by atoms with E-state index in [-0.39, 0.29) is 0 Å². The zero-order valence-electron chi connectivity index (χ0n) is 13.1. The SMILES string of the molecule is CCC(CC)Oc1ccc(N2CCC(N)CC2)c(C)c1. The molecule has 0 aliphatic carbocycles. The number of ether oxygens (including phenoxy) is 1. The van der Waals surface area contributed by atoms with Crippen LogP contribution in [0.5, 0.6) is 5.75 Å². The van der Waals surface area contributed by atoms with E-state index < -0.39 is 0 Å². The molecule has 20 heavy (non-hydrogen) atoms. The average molecular weight is 276 g/mol. The van der Waals surface area contributed by atoms with Gasteiger partial charge in [0.2, 0.25) is 0 Å². The average Bonchev–Trinajstić information content (AvgIpc) is 2.46. The summed E-state index contributed by atoms with van der Waals surface area (Å²) in [7, 11) is 0. The highest BCUT2D eigenvalue weighted by atomic mass is 16.5. The lowest BCUT2D eigenvalue weighted by molar-refractivity contribution is 0.193. The number of hydrogen-bond acceptors (Lipinski definition) is 3. The zero-order valence-corrected chi connectivity index (χ0v) is 13.1. The van der Waals surface area contributed by atoms with Crippen LogP contribution in [0, 0.1) is 6.92 Å². The Kier molecular flexibility index (Phi) is 5.30. The summed E-state index contributed by atoms with van der Waals surface area (Å²) in [6.07, 6.45) is 4.62. The molecule has 3 heteroatoms. The molecule has 1 saturated heterocycles. The zero-order chi connectivity index (χ0) is 14.5. The first-order chi connectivity index (χ1) is 9.63. The molecule has 112 valence electrons. The largest absolute Gasteiger partial charge is 0.490 e. The van der Waals surface area contributed by atoms with E-state index >= 15 is 0 Å². The normalized spacial score (nSPS) is 16.8. The van der Waals surface area contributed by atoms with Crippen molar-refractivity contribution in [3.8, 4) is 5.75 Å². The summed E-state index contributed by atoms with van der Waals surface area (Å²) in [6, 6.07) is 6.85. The highest BCUT2D eigenvalue weighted by Gasteiger charge is 2.18. The number of piperidine rings is 1. The molecule has 1 aliphatic heterocycles. The van der Waals surface area contributed by atoms with Crippen molar-refractivity contribution in [2.75, 3.05) is 18.0 Å². The number of hydrogen-bond donors (Lipinski definition) is 1. The van der Waals surface area contributed by atoms with Crippen LogP contribution in [0.15, 0.2) is 18.2 Å². The monoisotopic (exact) mass is 276 g/mol. The van der Waals surface area contributed by atoms with Crippen LogP contribution in [0.3, 0.4) is 0 Å². The Hall–Kier alpha value is -1.22. The number of aryl methyl sites for hydroxylation is 1. The number of nitrogens with two attached hydrogens (primary N) is 1. The van der Waals surface area contributed by atoms with Crippen molar-refractivity contribution < 1.29 is 4.74 Å². The van der Waals surface area contributed by atoms with Gasteiger partial charge in [0.25, 0.3) is 0 Å². The summed E-state index contributed by atoms with van der Waals surface area (Å²) in [5.74, 6) is 0.994. The van der Waals surface area contributed by atoms with E-state index in [0.29, 0.717) is 12.1 Å². The molecule has 1 fully saturated rings. The topological polar surface area (TPSA) is 38.5 Å². The van der Waals surface area contributed by atoms with E-state index in [1.54, 1.807) is 0 Å². The Bertz CT molecular complexity index is 421. The molecule has 1 heterocycles. The minimum Gasteiger partial charge on any atom is -0.490 e. The summed E-state index contributed by atoms with van der Waals surface area (Å²) >= 11 is 0.